The highest BCUT2D eigenvalue weighted by molar-refractivity contribution is 5.74. The second-order valence-corrected chi connectivity index (χ2v) is 5.76. The smallest absolute Gasteiger partial charge is 0.317 e. The number of nitrogens with zero attached hydrogens (tertiary/aromatic N) is 2. The molecule has 116 valence electrons. The maximum absolute atomic E-state index is 12.0. The third-order valence-corrected chi connectivity index (χ3v) is 3.31. The van der Waals surface area contributed by atoms with Crippen LogP contribution in [0.2, 0.25) is 0 Å². The number of aromatic nitrogens is 1. The maximum atomic E-state index is 12.0. The lowest BCUT2D eigenvalue weighted by Crippen LogP contribution is -2.53. The first kappa shape index (κ1) is 15.6. The number of morpholine rings is 1. The van der Waals surface area contributed by atoms with Crippen LogP contribution in [-0.4, -0.2) is 54.3 Å². The van der Waals surface area contributed by atoms with Gasteiger partial charge >= 0.3 is 6.03 Å². The first-order valence-electron chi connectivity index (χ1n) is 7.38. The van der Waals surface area contributed by atoms with Crippen LogP contribution in [0.1, 0.15) is 20.3 Å². The Morgan fingerprint density at radius 2 is 2.29 bits per heavy atom. The van der Waals surface area contributed by atoms with Crippen LogP contribution in [0.5, 0.6) is 0 Å². The molecule has 2 amide bonds. The highest BCUT2D eigenvalue weighted by Crippen LogP contribution is 2.16. The fourth-order valence-electron chi connectivity index (χ4n) is 2.27. The van der Waals surface area contributed by atoms with Gasteiger partial charge in [0.2, 0.25) is 0 Å². The molecule has 0 radical (unpaired) electrons. The second-order valence-electron chi connectivity index (χ2n) is 5.76. The van der Waals surface area contributed by atoms with Crippen molar-refractivity contribution in [3.63, 3.8) is 0 Å². The van der Waals surface area contributed by atoms with Crippen LogP contribution in [0.15, 0.2) is 24.4 Å². The summed E-state index contributed by atoms with van der Waals surface area (Å²) >= 11 is 0. The van der Waals surface area contributed by atoms with Crippen molar-refractivity contribution in [3.8, 4) is 0 Å². The van der Waals surface area contributed by atoms with Crippen molar-refractivity contribution in [1.29, 1.82) is 0 Å². The summed E-state index contributed by atoms with van der Waals surface area (Å²) in [5.74, 6) is 0.860. The van der Waals surface area contributed by atoms with Gasteiger partial charge in [0.1, 0.15) is 5.82 Å². The second kappa shape index (κ2) is 7.26. The Kier molecular flexibility index (Phi) is 5.38. The van der Waals surface area contributed by atoms with Crippen LogP contribution < -0.4 is 10.6 Å². The lowest BCUT2D eigenvalue weighted by Gasteiger charge is -2.38. The quantitative estimate of drug-likeness (QED) is 0.811. The van der Waals surface area contributed by atoms with E-state index in [2.05, 4.69) is 15.6 Å². The number of carbonyl (C=O) groups excluding carboxylic acids is 1. The van der Waals surface area contributed by atoms with E-state index in [4.69, 9.17) is 4.74 Å². The van der Waals surface area contributed by atoms with E-state index in [-0.39, 0.29) is 11.6 Å². The molecule has 0 saturated carbocycles. The summed E-state index contributed by atoms with van der Waals surface area (Å²) in [6.45, 7) is 7.32. The Balaban J connectivity index is 1.61. The molecule has 1 aliphatic heterocycles. The lowest BCUT2D eigenvalue weighted by molar-refractivity contribution is -0.0733. The van der Waals surface area contributed by atoms with Crippen molar-refractivity contribution in [3.05, 3.63) is 24.4 Å². The van der Waals surface area contributed by atoms with E-state index < -0.39 is 0 Å². The third kappa shape index (κ3) is 5.23. The Bertz CT molecular complexity index is 450. The van der Waals surface area contributed by atoms with E-state index in [0.717, 1.165) is 18.8 Å². The van der Waals surface area contributed by atoms with Crippen LogP contribution in [0.25, 0.3) is 0 Å². The van der Waals surface area contributed by atoms with Gasteiger partial charge in [-0.15, -0.1) is 0 Å². The summed E-state index contributed by atoms with van der Waals surface area (Å²) in [6, 6.07) is 5.74. The summed E-state index contributed by atoms with van der Waals surface area (Å²) in [5, 5.41) is 6.16. The van der Waals surface area contributed by atoms with Gasteiger partial charge in [0.15, 0.2) is 0 Å². The summed E-state index contributed by atoms with van der Waals surface area (Å²) in [5.41, 5.74) is -0.254. The van der Waals surface area contributed by atoms with Crippen LogP contribution in [0.3, 0.4) is 0 Å². The Morgan fingerprint density at radius 3 is 3.00 bits per heavy atom. The molecule has 1 aromatic rings. The Morgan fingerprint density at radius 1 is 1.43 bits per heavy atom. The van der Waals surface area contributed by atoms with E-state index in [0.29, 0.717) is 26.2 Å². The third-order valence-electron chi connectivity index (χ3n) is 3.31. The van der Waals surface area contributed by atoms with Gasteiger partial charge in [0.25, 0.3) is 0 Å². The molecule has 0 spiro atoms. The van der Waals surface area contributed by atoms with Gasteiger partial charge in [-0.05, 0) is 32.4 Å². The van der Waals surface area contributed by atoms with Crippen LogP contribution in [0, 0.1) is 0 Å². The number of amides is 2. The van der Waals surface area contributed by atoms with Gasteiger partial charge in [-0.1, -0.05) is 6.07 Å². The van der Waals surface area contributed by atoms with Crippen molar-refractivity contribution in [2.45, 2.75) is 25.9 Å². The Hall–Kier alpha value is -1.82. The minimum Gasteiger partial charge on any atom is -0.372 e. The van der Waals surface area contributed by atoms with Crippen molar-refractivity contribution >= 4 is 11.8 Å². The molecule has 2 heterocycles. The number of hydrogen-bond donors (Lipinski definition) is 2. The van der Waals surface area contributed by atoms with Gasteiger partial charge in [0.05, 0.1) is 18.8 Å². The average Bonchev–Trinajstić information content (AvgIpc) is 2.47. The molecule has 0 atom stereocenters. The van der Waals surface area contributed by atoms with E-state index >= 15 is 0 Å². The number of urea groups is 1. The molecule has 2 rings (SSSR count). The molecule has 6 heteroatoms. The predicted octanol–water partition coefficient (Wildman–Crippen LogP) is 1.70. The fraction of sp³-hybridized carbons (Fsp3) is 0.600. The van der Waals surface area contributed by atoms with Crippen LogP contribution in [0.4, 0.5) is 10.6 Å². The van der Waals surface area contributed by atoms with E-state index in [1.165, 1.54) is 0 Å². The van der Waals surface area contributed by atoms with E-state index in [1.54, 1.807) is 6.20 Å². The zero-order valence-corrected chi connectivity index (χ0v) is 12.8. The highest BCUT2D eigenvalue weighted by atomic mass is 16.5. The number of carbonyl (C=O) groups is 1. The van der Waals surface area contributed by atoms with Crippen molar-refractivity contribution in [2.24, 2.45) is 0 Å². The van der Waals surface area contributed by atoms with Gasteiger partial charge < -0.3 is 20.3 Å². The van der Waals surface area contributed by atoms with E-state index in [9.17, 15) is 4.79 Å². The SMILES string of the molecule is CC1(C)CN(C(=O)NCCCNc2ccccn2)CCO1. The summed E-state index contributed by atoms with van der Waals surface area (Å²) in [6.07, 6.45) is 2.61. The van der Waals surface area contributed by atoms with Gasteiger partial charge in [-0.3, -0.25) is 0 Å². The molecular weight excluding hydrogens is 268 g/mol. The molecule has 2 N–H and O–H groups in total. The number of ether oxygens (including phenoxy) is 1. The van der Waals surface area contributed by atoms with Gasteiger partial charge in [-0.2, -0.15) is 0 Å². The summed E-state index contributed by atoms with van der Waals surface area (Å²) < 4.78 is 5.60. The standard InChI is InChI=1S/C15H24N4O2/c1-15(2)12-19(10-11-21-15)14(20)18-9-5-8-17-13-6-3-4-7-16-13/h3-4,6-7H,5,8-12H2,1-2H3,(H,16,17)(H,18,20). The molecule has 0 unspecified atom stereocenters. The van der Waals surface area contributed by atoms with E-state index in [1.807, 2.05) is 36.9 Å². The molecular formula is C15H24N4O2. The first-order chi connectivity index (χ1) is 10.1. The summed E-state index contributed by atoms with van der Waals surface area (Å²) in [7, 11) is 0. The molecule has 21 heavy (non-hydrogen) atoms. The van der Waals surface area contributed by atoms with Crippen molar-refractivity contribution in [2.75, 3.05) is 38.1 Å². The number of rotatable bonds is 5. The molecule has 1 saturated heterocycles. The lowest BCUT2D eigenvalue weighted by atomic mass is 10.1. The first-order valence-corrected chi connectivity index (χ1v) is 7.38. The summed E-state index contributed by atoms with van der Waals surface area (Å²) in [4.78, 5) is 18.0. The van der Waals surface area contributed by atoms with Crippen molar-refractivity contribution in [1.82, 2.24) is 15.2 Å². The minimum absolute atomic E-state index is 0.00999. The van der Waals surface area contributed by atoms with Gasteiger partial charge in [-0.25, -0.2) is 9.78 Å². The molecule has 1 aromatic heterocycles. The molecule has 0 aromatic carbocycles. The number of nitrogens with one attached hydrogen (secondary N) is 2. The average molecular weight is 292 g/mol. The predicted molar refractivity (Wildman–Crippen MR) is 82.3 cm³/mol. The van der Waals surface area contributed by atoms with Crippen LogP contribution in [-0.2, 0) is 4.74 Å². The zero-order valence-electron chi connectivity index (χ0n) is 12.8. The Labute approximate surface area is 125 Å². The number of anilines is 1. The molecule has 1 aliphatic rings. The topological polar surface area (TPSA) is 66.5 Å². The maximum Gasteiger partial charge on any atom is 0.317 e. The van der Waals surface area contributed by atoms with Gasteiger partial charge in [0, 0.05) is 25.8 Å². The van der Waals surface area contributed by atoms with Crippen LogP contribution >= 0.6 is 0 Å². The minimum atomic E-state index is -0.254. The fourth-order valence-corrected chi connectivity index (χ4v) is 2.27. The molecule has 0 aliphatic carbocycles. The molecule has 1 fully saturated rings. The largest absolute Gasteiger partial charge is 0.372 e. The number of pyridine rings is 1. The molecule has 6 nitrogen and oxygen atoms in total. The molecule has 0 bridgehead atoms. The normalized spacial score (nSPS) is 17.3. The number of hydrogen-bond acceptors (Lipinski definition) is 4. The van der Waals surface area contributed by atoms with Crippen molar-refractivity contribution < 1.29 is 9.53 Å². The highest BCUT2D eigenvalue weighted by Gasteiger charge is 2.29. The monoisotopic (exact) mass is 292 g/mol. The zero-order chi connectivity index (χ0) is 15.1.